The Morgan fingerprint density at radius 3 is 1.36 bits per heavy atom. The van der Waals surface area contributed by atoms with E-state index in [1.165, 1.54) is 109 Å². The van der Waals surface area contributed by atoms with Crippen molar-refractivity contribution in [1.29, 1.82) is 0 Å². The van der Waals surface area contributed by atoms with Crippen molar-refractivity contribution in [3.63, 3.8) is 0 Å². The molecule has 70 heavy (non-hydrogen) atoms. The molecule has 0 aromatic heterocycles. The van der Waals surface area contributed by atoms with Gasteiger partial charge in [0.1, 0.15) is 36.8 Å². The summed E-state index contributed by atoms with van der Waals surface area (Å²) in [5.74, 6) is -2.00. The third-order valence-electron chi connectivity index (χ3n) is 12.6. The molecule has 0 saturated carbocycles. The maximum atomic E-state index is 12.9. The highest BCUT2D eigenvalue weighted by atomic mass is 32.2. The molecule has 12 nitrogen and oxygen atoms in total. The molecule has 0 aromatic rings. The minimum absolute atomic E-state index is 0.146. The molecule has 4 N–H and O–H groups in total. The molecule has 1 saturated heterocycles. The molecule has 406 valence electrons. The van der Waals surface area contributed by atoms with Crippen molar-refractivity contribution in [2.75, 3.05) is 19.0 Å². The first-order chi connectivity index (χ1) is 34.0. The lowest BCUT2D eigenvalue weighted by atomic mass is 10.00. The summed E-state index contributed by atoms with van der Waals surface area (Å²) in [6.45, 7) is 3.67. The monoisotopic (exact) mass is 1010 g/mol. The molecule has 1 aliphatic heterocycles. The van der Waals surface area contributed by atoms with Crippen LogP contribution in [0.1, 0.15) is 232 Å². The zero-order valence-corrected chi connectivity index (χ0v) is 44.7. The largest absolute Gasteiger partial charge is 0.462 e. The molecular formula is C57H100O12S. The molecule has 1 fully saturated rings. The molecule has 0 aliphatic carbocycles. The maximum absolute atomic E-state index is 12.9. The predicted octanol–water partition coefficient (Wildman–Crippen LogP) is 13.2. The van der Waals surface area contributed by atoms with Crippen LogP contribution < -0.4 is 0 Å². The van der Waals surface area contributed by atoms with Crippen LogP contribution in [0.25, 0.3) is 0 Å². The van der Waals surface area contributed by atoms with E-state index >= 15 is 0 Å². The molecule has 1 heterocycles. The smallest absolute Gasteiger partial charge is 0.306 e. The third-order valence-corrected chi connectivity index (χ3v) is 13.3. The molecule has 0 bridgehead atoms. The fraction of sp³-hybridized carbons (Fsp3) is 0.789. The average molecular weight is 1010 g/mol. The first-order valence-electron chi connectivity index (χ1n) is 27.8. The standard InChI is InChI=1S/C57H100O12S/c1-3-5-7-9-11-13-15-17-19-21-23-24-25-26-28-29-31-33-35-37-39-41-43-45-52(58)66-47-50(48-67-57-56(62)55(61)54(60)51(69-57)49-70(63,64)65)68-53(59)46-44-42-40-38-36-34-32-30-27-22-20-18-16-14-12-10-8-6-4-2/h6,8,12,14,18,20-21,23,27,30,50-51,54-57,60-62H,3-5,7,9-11,13,15-17,19,22,24-26,28-29,31-49H2,1-2H3,(H,63,64,65)/b8-6-,14-12-,20-18-,23-21-,30-27-. The van der Waals surface area contributed by atoms with Crippen molar-refractivity contribution in [3.8, 4) is 0 Å². The highest BCUT2D eigenvalue weighted by Crippen LogP contribution is 2.24. The summed E-state index contributed by atoms with van der Waals surface area (Å²) < 4.78 is 54.3. The molecule has 6 unspecified atom stereocenters. The molecule has 13 heteroatoms. The van der Waals surface area contributed by atoms with E-state index < -0.39 is 71.2 Å². The number of rotatable bonds is 47. The van der Waals surface area contributed by atoms with Crippen LogP contribution in [0, 0.1) is 0 Å². The van der Waals surface area contributed by atoms with Gasteiger partial charge < -0.3 is 34.3 Å². The summed E-state index contributed by atoms with van der Waals surface area (Å²) in [4.78, 5) is 25.6. The molecule has 6 atom stereocenters. The van der Waals surface area contributed by atoms with Crippen LogP contribution in [0.4, 0.5) is 0 Å². The molecular weight excluding hydrogens is 909 g/mol. The Bertz CT molecular complexity index is 1510. The molecule has 1 rings (SSSR count). The minimum atomic E-state index is -4.61. The zero-order valence-electron chi connectivity index (χ0n) is 43.9. The summed E-state index contributed by atoms with van der Waals surface area (Å²) in [6, 6.07) is 0. The summed E-state index contributed by atoms with van der Waals surface area (Å²) in [7, 11) is -4.61. The van der Waals surface area contributed by atoms with E-state index in [-0.39, 0.29) is 19.4 Å². The molecule has 0 spiro atoms. The van der Waals surface area contributed by atoms with E-state index in [1.54, 1.807) is 0 Å². The number of unbranched alkanes of at least 4 members (excludes halogenated alkanes) is 25. The Morgan fingerprint density at radius 2 is 0.900 bits per heavy atom. The van der Waals surface area contributed by atoms with Gasteiger partial charge in [-0.1, -0.05) is 203 Å². The van der Waals surface area contributed by atoms with E-state index in [0.29, 0.717) is 12.8 Å². The second-order valence-corrected chi connectivity index (χ2v) is 20.7. The zero-order chi connectivity index (χ0) is 51.2. The van der Waals surface area contributed by atoms with Gasteiger partial charge in [0.15, 0.2) is 12.4 Å². The van der Waals surface area contributed by atoms with Crippen LogP contribution in [-0.4, -0.2) is 96.0 Å². The molecule has 0 amide bonds. The van der Waals surface area contributed by atoms with Gasteiger partial charge in [0.25, 0.3) is 10.1 Å². The number of aliphatic hydroxyl groups excluding tert-OH is 3. The number of esters is 2. The van der Waals surface area contributed by atoms with Crippen molar-refractivity contribution < 1.29 is 56.8 Å². The average Bonchev–Trinajstić information content (AvgIpc) is 3.33. The topological polar surface area (TPSA) is 186 Å². The van der Waals surface area contributed by atoms with Crippen LogP contribution >= 0.6 is 0 Å². The minimum Gasteiger partial charge on any atom is -0.462 e. The lowest BCUT2D eigenvalue weighted by molar-refractivity contribution is -0.297. The number of hydrogen-bond acceptors (Lipinski definition) is 11. The predicted molar refractivity (Wildman–Crippen MR) is 284 cm³/mol. The number of allylic oxidation sites excluding steroid dienone is 10. The van der Waals surface area contributed by atoms with Crippen molar-refractivity contribution in [2.24, 2.45) is 0 Å². The van der Waals surface area contributed by atoms with Crippen molar-refractivity contribution in [2.45, 2.75) is 269 Å². The second-order valence-electron chi connectivity index (χ2n) is 19.2. The normalized spacial score (nSPS) is 19.4. The van der Waals surface area contributed by atoms with Crippen LogP contribution in [0.2, 0.25) is 0 Å². The SMILES string of the molecule is CC/C=C\C/C=C\C/C=C\C/C=C\CCCCCCCCC(=O)OC(COC(=O)CCCCCCCCCCCCC/C=C\CCCCCCCCCC)COC1OC(CS(=O)(=O)O)C(O)C(O)C1O. The van der Waals surface area contributed by atoms with Crippen LogP contribution in [0.5, 0.6) is 0 Å². The molecule has 0 radical (unpaired) electrons. The Morgan fingerprint density at radius 1 is 0.500 bits per heavy atom. The lowest BCUT2D eigenvalue weighted by Crippen LogP contribution is -2.60. The Hall–Kier alpha value is -2.65. The summed E-state index contributed by atoms with van der Waals surface area (Å²) in [5, 5.41) is 31.0. The van der Waals surface area contributed by atoms with E-state index in [1.807, 2.05) is 0 Å². The van der Waals surface area contributed by atoms with Crippen LogP contribution in [-0.2, 0) is 38.7 Å². The van der Waals surface area contributed by atoms with Gasteiger partial charge in [-0.25, -0.2) is 0 Å². The quantitative estimate of drug-likeness (QED) is 0.0196. The fourth-order valence-electron chi connectivity index (χ4n) is 8.31. The van der Waals surface area contributed by atoms with E-state index in [4.69, 9.17) is 18.9 Å². The first kappa shape index (κ1) is 65.4. The Labute approximate surface area is 426 Å². The van der Waals surface area contributed by atoms with Gasteiger partial charge in [0.05, 0.1) is 6.61 Å². The maximum Gasteiger partial charge on any atom is 0.306 e. The summed E-state index contributed by atoms with van der Waals surface area (Å²) in [6.07, 6.45) is 49.7. The first-order valence-corrected chi connectivity index (χ1v) is 29.5. The number of ether oxygens (including phenoxy) is 4. The summed E-state index contributed by atoms with van der Waals surface area (Å²) in [5.41, 5.74) is 0. The number of hydrogen-bond donors (Lipinski definition) is 4. The number of carbonyl (C=O) groups excluding carboxylic acids is 2. The number of carbonyl (C=O) groups is 2. The van der Waals surface area contributed by atoms with E-state index in [9.17, 15) is 37.9 Å². The second kappa shape index (κ2) is 46.2. The van der Waals surface area contributed by atoms with Crippen LogP contribution in [0.3, 0.4) is 0 Å². The molecule has 1 aliphatic rings. The fourth-order valence-corrected chi connectivity index (χ4v) is 9.00. The van der Waals surface area contributed by atoms with Gasteiger partial charge in [-0.2, -0.15) is 8.42 Å². The van der Waals surface area contributed by atoms with E-state index in [2.05, 4.69) is 74.6 Å². The van der Waals surface area contributed by atoms with Crippen molar-refractivity contribution >= 4 is 22.1 Å². The Kier molecular flexibility index (Phi) is 43.1. The van der Waals surface area contributed by atoms with Gasteiger partial charge >= 0.3 is 11.9 Å². The van der Waals surface area contributed by atoms with Gasteiger partial charge in [-0.05, 0) is 77.0 Å². The van der Waals surface area contributed by atoms with Crippen LogP contribution in [0.15, 0.2) is 60.8 Å². The van der Waals surface area contributed by atoms with Crippen molar-refractivity contribution in [3.05, 3.63) is 60.8 Å². The van der Waals surface area contributed by atoms with Gasteiger partial charge in [-0.3, -0.25) is 14.1 Å². The highest BCUT2D eigenvalue weighted by Gasteiger charge is 2.46. The summed E-state index contributed by atoms with van der Waals surface area (Å²) >= 11 is 0. The van der Waals surface area contributed by atoms with Gasteiger partial charge in [0.2, 0.25) is 0 Å². The van der Waals surface area contributed by atoms with Gasteiger partial charge in [-0.15, -0.1) is 0 Å². The van der Waals surface area contributed by atoms with Gasteiger partial charge in [0, 0.05) is 12.8 Å². The number of aliphatic hydroxyl groups is 3. The molecule has 0 aromatic carbocycles. The lowest BCUT2D eigenvalue weighted by Gasteiger charge is -2.40. The third kappa shape index (κ3) is 39.9. The van der Waals surface area contributed by atoms with E-state index in [0.717, 1.165) is 83.5 Å². The Balaban J connectivity index is 2.33. The van der Waals surface area contributed by atoms with Crippen molar-refractivity contribution in [1.82, 2.24) is 0 Å². The highest BCUT2D eigenvalue weighted by molar-refractivity contribution is 7.85.